The van der Waals surface area contributed by atoms with Crippen LogP contribution in [0.25, 0.3) is 21.8 Å². The smallest absolute Gasteiger partial charge is 0.320 e. The van der Waals surface area contributed by atoms with Crippen LogP contribution in [-0.4, -0.2) is 72.4 Å². The Balaban J connectivity index is 0.000000216. The van der Waals surface area contributed by atoms with Gasteiger partial charge in [-0.2, -0.15) is 0 Å². The number of nitrogens with two attached hydrogens (primary N) is 3. The summed E-state index contributed by atoms with van der Waals surface area (Å²) in [6.45, 7) is 0. The second-order valence-electron chi connectivity index (χ2n) is 8.89. The average molecular weight is 556 g/mol. The van der Waals surface area contributed by atoms with Crippen LogP contribution in [0.5, 0.6) is 0 Å². The summed E-state index contributed by atoms with van der Waals surface area (Å²) in [5, 5.41) is 35.8. The van der Waals surface area contributed by atoms with Gasteiger partial charge in [0.15, 0.2) is 0 Å². The van der Waals surface area contributed by atoms with Crippen LogP contribution in [0, 0.1) is 0 Å². The summed E-state index contributed by atoms with van der Waals surface area (Å²) < 4.78 is 0. The Morgan fingerprint density at radius 1 is 0.625 bits per heavy atom. The maximum atomic E-state index is 10.6. The van der Waals surface area contributed by atoms with Gasteiger partial charge in [0.05, 0.1) is 0 Å². The molecule has 2 aromatic heterocycles. The molecule has 0 bridgehead atoms. The van der Waals surface area contributed by atoms with Gasteiger partial charge in [0.25, 0.3) is 0 Å². The number of aromatic amines is 2. The zero-order valence-electron chi connectivity index (χ0n) is 21.5. The predicted octanol–water partition coefficient (Wildman–Crippen LogP) is 1.51. The van der Waals surface area contributed by atoms with Crippen LogP contribution in [0.15, 0.2) is 60.9 Å². The highest BCUT2D eigenvalue weighted by Crippen LogP contribution is 2.19. The summed E-state index contributed by atoms with van der Waals surface area (Å²) in [5.41, 5.74) is 19.9. The van der Waals surface area contributed by atoms with E-state index in [0.29, 0.717) is 12.8 Å². The highest BCUT2D eigenvalue weighted by atomic mass is 16.4. The monoisotopic (exact) mass is 555 g/mol. The van der Waals surface area contributed by atoms with Crippen LogP contribution < -0.4 is 17.2 Å². The molecule has 13 nitrogen and oxygen atoms in total. The van der Waals surface area contributed by atoms with Crippen molar-refractivity contribution in [2.75, 3.05) is 0 Å². The van der Waals surface area contributed by atoms with Crippen LogP contribution >= 0.6 is 0 Å². The molecule has 0 saturated heterocycles. The average Bonchev–Trinajstić information content (AvgIpc) is 3.52. The van der Waals surface area contributed by atoms with Gasteiger partial charge in [-0.25, -0.2) is 0 Å². The molecule has 4 aromatic rings. The molecule has 0 aliphatic carbocycles. The van der Waals surface area contributed by atoms with Gasteiger partial charge in [-0.15, -0.1) is 0 Å². The number of fused-ring (bicyclic) bond motifs is 2. The number of para-hydroxylation sites is 2. The molecule has 3 unspecified atom stereocenters. The number of carbonyl (C=O) groups is 4. The lowest BCUT2D eigenvalue weighted by Gasteiger charge is -2.04. The van der Waals surface area contributed by atoms with Crippen molar-refractivity contribution >= 4 is 45.7 Å². The topological polar surface area (TPSA) is 259 Å². The minimum atomic E-state index is -1.17. The van der Waals surface area contributed by atoms with Crippen molar-refractivity contribution in [2.45, 2.75) is 43.8 Å². The molecule has 0 aliphatic heterocycles. The van der Waals surface area contributed by atoms with Crippen LogP contribution in [-0.2, 0) is 32.0 Å². The lowest BCUT2D eigenvalue weighted by Crippen LogP contribution is -2.32. The number of nitrogens with one attached hydrogen (secondary N) is 2. The van der Waals surface area contributed by atoms with E-state index in [4.69, 9.17) is 37.6 Å². The van der Waals surface area contributed by atoms with Gasteiger partial charge < -0.3 is 47.6 Å². The first kappa shape index (κ1) is 31.5. The Morgan fingerprint density at radius 2 is 1.00 bits per heavy atom. The lowest BCUT2D eigenvalue weighted by molar-refractivity contribution is -0.140. The van der Waals surface area contributed by atoms with Crippen molar-refractivity contribution in [2.24, 2.45) is 17.2 Å². The zero-order chi connectivity index (χ0) is 29.8. The highest BCUT2D eigenvalue weighted by molar-refractivity contribution is 5.85. The van der Waals surface area contributed by atoms with E-state index in [1.807, 2.05) is 60.9 Å². The molecular formula is C27H33N5O8. The highest BCUT2D eigenvalue weighted by Gasteiger charge is 2.15. The van der Waals surface area contributed by atoms with E-state index < -0.39 is 42.0 Å². The number of aromatic nitrogens is 2. The summed E-state index contributed by atoms with van der Waals surface area (Å²) in [4.78, 5) is 47.3. The first-order valence-electron chi connectivity index (χ1n) is 12.2. The van der Waals surface area contributed by atoms with Crippen molar-refractivity contribution in [1.29, 1.82) is 0 Å². The van der Waals surface area contributed by atoms with Crippen LogP contribution in [0.3, 0.4) is 0 Å². The van der Waals surface area contributed by atoms with Crippen molar-refractivity contribution in [3.8, 4) is 0 Å². The Bertz CT molecular complexity index is 1360. The van der Waals surface area contributed by atoms with Gasteiger partial charge in [-0.3, -0.25) is 19.2 Å². The SMILES string of the molecule is NC(CCC(=O)O)C(=O)O.NC(Cc1c[nH]c2ccccc12)C(=O)O.NC(Cc1c[nH]c2ccccc12)C(=O)O. The molecule has 40 heavy (non-hydrogen) atoms. The molecular weight excluding hydrogens is 522 g/mol. The molecule has 3 atom stereocenters. The largest absolute Gasteiger partial charge is 0.481 e. The molecule has 0 spiro atoms. The van der Waals surface area contributed by atoms with E-state index in [1.165, 1.54) is 0 Å². The van der Waals surface area contributed by atoms with E-state index in [0.717, 1.165) is 32.9 Å². The van der Waals surface area contributed by atoms with Crippen molar-refractivity contribution < 1.29 is 39.6 Å². The molecule has 0 radical (unpaired) electrons. The maximum absolute atomic E-state index is 10.6. The number of H-pyrrole nitrogens is 2. The normalized spacial score (nSPS) is 12.8. The fourth-order valence-electron chi connectivity index (χ4n) is 3.65. The number of hydrogen-bond acceptors (Lipinski definition) is 7. The van der Waals surface area contributed by atoms with E-state index in [2.05, 4.69) is 9.97 Å². The van der Waals surface area contributed by atoms with Crippen molar-refractivity contribution in [3.63, 3.8) is 0 Å². The fraction of sp³-hybridized carbons (Fsp3) is 0.259. The fourth-order valence-corrected chi connectivity index (χ4v) is 3.65. The summed E-state index contributed by atoms with van der Waals surface area (Å²) in [7, 11) is 0. The van der Waals surface area contributed by atoms with Gasteiger partial charge in [0.2, 0.25) is 0 Å². The Kier molecular flexibility index (Phi) is 11.8. The van der Waals surface area contributed by atoms with E-state index in [1.54, 1.807) is 0 Å². The first-order chi connectivity index (χ1) is 18.9. The van der Waals surface area contributed by atoms with Crippen LogP contribution in [0.2, 0.25) is 0 Å². The van der Waals surface area contributed by atoms with Crippen LogP contribution in [0.1, 0.15) is 24.0 Å². The number of benzene rings is 2. The van der Waals surface area contributed by atoms with Crippen molar-refractivity contribution in [3.05, 3.63) is 72.1 Å². The number of hydrogen-bond donors (Lipinski definition) is 9. The second kappa shape index (κ2) is 15.0. The Morgan fingerprint density at radius 3 is 1.35 bits per heavy atom. The molecule has 214 valence electrons. The lowest BCUT2D eigenvalue weighted by atomic mass is 10.1. The molecule has 13 heteroatoms. The summed E-state index contributed by atoms with van der Waals surface area (Å²) >= 11 is 0. The standard InChI is InChI=1S/2C11H12N2O2.C5H9NO4/c2*12-9(11(14)15)5-7-6-13-10-4-2-1-3-8(7)10;6-3(5(9)10)1-2-4(7)8/h2*1-4,6,9,13H,5,12H2,(H,14,15);3H,1-2,6H2,(H,7,8)(H,9,10). The number of aliphatic carboxylic acids is 4. The zero-order valence-corrected chi connectivity index (χ0v) is 21.5. The van der Waals surface area contributed by atoms with E-state index in [9.17, 15) is 19.2 Å². The van der Waals surface area contributed by atoms with Crippen LogP contribution in [0.4, 0.5) is 0 Å². The summed E-state index contributed by atoms with van der Waals surface area (Å²) in [6.07, 6.45) is 4.09. The van der Waals surface area contributed by atoms with E-state index in [-0.39, 0.29) is 12.8 Å². The van der Waals surface area contributed by atoms with Gasteiger partial charge in [0.1, 0.15) is 18.1 Å². The number of carboxylic acid groups (broad SMARTS) is 4. The second-order valence-corrected chi connectivity index (χ2v) is 8.89. The quantitative estimate of drug-likeness (QED) is 0.135. The summed E-state index contributed by atoms with van der Waals surface area (Å²) in [6, 6.07) is 12.8. The molecule has 0 fully saturated rings. The number of carboxylic acids is 4. The molecule has 0 amide bonds. The summed E-state index contributed by atoms with van der Waals surface area (Å²) in [5.74, 6) is -4.14. The maximum Gasteiger partial charge on any atom is 0.320 e. The Labute approximate surface area is 228 Å². The van der Waals surface area contributed by atoms with Gasteiger partial charge in [0, 0.05) is 53.5 Å². The molecule has 0 saturated carbocycles. The van der Waals surface area contributed by atoms with Gasteiger partial charge >= 0.3 is 23.9 Å². The minimum absolute atomic E-state index is 0.0231. The van der Waals surface area contributed by atoms with E-state index >= 15 is 0 Å². The van der Waals surface area contributed by atoms with Gasteiger partial charge in [-0.1, -0.05) is 36.4 Å². The molecule has 0 aliphatic rings. The molecule has 2 aromatic carbocycles. The molecule has 12 N–H and O–H groups in total. The molecule has 4 rings (SSSR count). The third-order valence-corrected chi connectivity index (χ3v) is 5.85. The van der Waals surface area contributed by atoms with Gasteiger partial charge in [-0.05, 0) is 29.7 Å². The third kappa shape index (κ3) is 9.54. The van der Waals surface area contributed by atoms with Crippen molar-refractivity contribution in [1.82, 2.24) is 9.97 Å². The minimum Gasteiger partial charge on any atom is -0.481 e. The molecule has 2 heterocycles. The third-order valence-electron chi connectivity index (χ3n) is 5.85. The Hall–Kier alpha value is -4.72. The number of rotatable bonds is 10. The first-order valence-corrected chi connectivity index (χ1v) is 12.2. The predicted molar refractivity (Wildman–Crippen MR) is 148 cm³/mol.